The molecule has 0 unspecified atom stereocenters. The molecule has 0 bridgehead atoms. The summed E-state index contributed by atoms with van der Waals surface area (Å²) in [4.78, 5) is 14.4. The second-order valence-corrected chi connectivity index (χ2v) is 7.94. The summed E-state index contributed by atoms with van der Waals surface area (Å²) in [5.41, 5.74) is 1.38. The minimum Gasteiger partial charge on any atom is -0.492 e. The minimum atomic E-state index is -3.42. The Morgan fingerprint density at radius 2 is 1.79 bits per heavy atom. The third kappa shape index (κ3) is 3.14. The molecule has 1 aliphatic rings. The summed E-state index contributed by atoms with van der Waals surface area (Å²) in [6, 6.07) is 14.2. The van der Waals surface area contributed by atoms with E-state index in [-0.39, 0.29) is 16.7 Å². The number of nitrogens with zero attached hydrogens (tertiary/aromatic N) is 1. The molecule has 0 N–H and O–H groups in total. The summed E-state index contributed by atoms with van der Waals surface area (Å²) in [6.07, 6.45) is 1.73. The Balaban J connectivity index is 1.87. The highest BCUT2D eigenvalue weighted by molar-refractivity contribution is 7.90. The minimum absolute atomic E-state index is 0.151. The molecule has 1 amide bonds. The van der Waals surface area contributed by atoms with Crippen molar-refractivity contribution < 1.29 is 17.9 Å². The molecule has 0 saturated carbocycles. The molecular weight excluding hydrogens is 326 g/mol. The lowest BCUT2D eigenvalue weighted by Crippen LogP contribution is -2.39. The number of anilines is 1. The van der Waals surface area contributed by atoms with Gasteiger partial charge in [-0.2, -0.15) is 0 Å². The molecule has 1 aliphatic heterocycles. The molecule has 0 fully saturated rings. The number of fused-ring (bicyclic) bond motifs is 1. The van der Waals surface area contributed by atoms with Crippen LogP contribution in [0.1, 0.15) is 5.56 Å². The van der Waals surface area contributed by atoms with E-state index < -0.39 is 9.84 Å². The van der Waals surface area contributed by atoms with Gasteiger partial charge in [-0.05, 0) is 30.2 Å². The SMILES string of the molecule is CN(C(=O)[C@@H]1COc2ccccc2C1)c1ccccc1S(C)(=O)=O. The molecule has 0 radical (unpaired) electrons. The normalized spacial score (nSPS) is 16.8. The summed E-state index contributed by atoms with van der Waals surface area (Å²) in [7, 11) is -1.81. The van der Waals surface area contributed by atoms with Gasteiger partial charge in [-0.25, -0.2) is 8.42 Å². The first-order chi connectivity index (χ1) is 11.4. The first-order valence-corrected chi connectivity index (χ1v) is 9.54. The van der Waals surface area contributed by atoms with Crippen molar-refractivity contribution in [2.75, 3.05) is 24.8 Å². The van der Waals surface area contributed by atoms with Gasteiger partial charge in [-0.3, -0.25) is 4.79 Å². The lowest BCUT2D eigenvalue weighted by molar-refractivity contribution is -0.123. The van der Waals surface area contributed by atoms with Gasteiger partial charge in [-0.15, -0.1) is 0 Å². The van der Waals surface area contributed by atoms with Crippen LogP contribution in [0.2, 0.25) is 0 Å². The Kier molecular flexibility index (Phi) is 4.32. The van der Waals surface area contributed by atoms with E-state index in [4.69, 9.17) is 4.74 Å². The van der Waals surface area contributed by atoms with E-state index in [9.17, 15) is 13.2 Å². The lowest BCUT2D eigenvalue weighted by atomic mass is 9.95. The number of sulfone groups is 1. The summed E-state index contributed by atoms with van der Waals surface area (Å²) in [5.74, 6) is 0.318. The maximum Gasteiger partial charge on any atom is 0.233 e. The number of benzene rings is 2. The van der Waals surface area contributed by atoms with Crippen LogP contribution in [0.5, 0.6) is 5.75 Å². The topological polar surface area (TPSA) is 63.7 Å². The van der Waals surface area contributed by atoms with Crippen LogP contribution in [-0.4, -0.2) is 34.2 Å². The van der Waals surface area contributed by atoms with Crippen LogP contribution in [0, 0.1) is 5.92 Å². The van der Waals surface area contributed by atoms with E-state index in [0.717, 1.165) is 17.6 Å². The summed E-state index contributed by atoms with van der Waals surface area (Å²) in [6.45, 7) is 0.293. The zero-order valence-corrected chi connectivity index (χ0v) is 14.4. The first kappa shape index (κ1) is 16.5. The number of hydrogen-bond donors (Lipinski definition) is 0. The van der Waals surface area contributed by atoms with Crippen LogP contribution in [0.25, 0.3) is 0 Å². The quantitative estimate of drug-likeness (QED) is 0.856. The predicted octanol–water partition coefficient (Wildman–Crippen LogP) is 2.30. The molecule has 0 aromatic heterocycles. The van der Waals surface area contributed by atoms with Gasteiger partial charge in [0.25, 0.3) is 0 Å². The number of carbonyl (C=O) groups is 1. The van der Waals surface area contributed by atoms with Gasteiger partial charge < -0.3 is 9.64 Å². The van der Waals surface area contributed by atoms with Crippen LogP contribution < -0.4 is 9.64 Å². The number of rotatable bonds is 3. The third-order valence-electron chi connectivity index (χ3n) is 4.18. The van der Waals surface area contributed by atoms with E-state index in [0.29, 0.717) is 18.7 Å². The van der Waals surface area contributed by atoms with Crippen molar-refractivity contribution in [2.24, 2.45) is 5.92 Å². The van der Waals surface area contributed by atoms with Crippen LogP contribution in [0.4, 0.5) is 5.69 Å². The smallest absolute Gasteiger partial charge is 0.233 e. The maximum atomic E-state index is 12.8. The van der Waals surface area contributed by atoms with Crippen molar-refractivity contribution >= 4 is 21.4 Å². The molecule has 6 heteroatoms. The summed E-state index contributed by atoms with van der Waals surface area (Å²) in [5, 5.41) is 0. The fourth-order valence-electron chi connectivity index (χ4n) is 2.93. The van der Waals surface area contributed by atoms with Gasteiger partial charge in [0, 0.05) is 13.3 Å². The van der Waals surface area contributed by atoms with Crippen LogP contribution >= 0.6 is 0 Å². The maximum absolute atomic E-state index is 12.8. The molecule has 3 rings (SSSR count). The molecule has 1 atom stereocenters. The van der Waals surface area contributed by atoms with Crippen molar-refractivity contribution in [1.82, 2.24) is 0 Å². The second kappa shape index (κ2) is 6.28. The van der Waals surface area contributed by atoms with E-state index in [1.165, 1.54) is 11.0 Å². The van der Waals surface area contributed by atoms with E-state index in [2.05, 4.69) is 0 Å². The molecule has 0 spiro atoms. The van der Waals surface area contributed by atoms with E-state index >= 15 is 0 Å². The molecule has 0 saturated heterocycles. The van der Waals surface area contributed by atoms with Crippen molar-refractivity contribution in [3.05, 3.63) is 54.1 Å². The Morgan fingerprint density at radius 1 is 1.12 bits per heavy atom. The van der Waals surface area contributed by atoms with E-state index in [1.807, 2.05) is 24.3 Å². The highest BCUT2D eigenvalue weighted by atomic mass is 32.2. The molecule has 0 aliphatic carbocycles. The number of amides is 1. The Labute approximate surface area is 141 Å². The number of ether oxygens (including phenoxy) is 1. The van der Waals surface area contributed by atoms with Crippen LogP contribution in [-0.2, 0) is 21.1 Å². The lowest BCUT2D eigenvalue weighted by Gasteiger charge is -2.29. The fourth-order valence-corrected chi connectivity index (χ4v) is 3.84. The van der Waals surface area contributed by atoms with Gasteiger partial charge >= 0.3 is 0 Å². The highest BCUT2D eigenvalue weighted by Gasteiger charge is 2.30. The van der Waals surface area contributed by atoms with Crippen molar-refractivity contribution in [2.45, 2.75) is 11.3 Å². The average Bonchev–Trinajstić information content (AvgIpc) is 2.59. The number of hydrogen-bond acceptors (Lipinski definition) is 4. The molecule has 1 heterocycles. The zero-order chi connectivity index (χ0) is 17.3. The van der Waals surface area contributed by atoms with Gasteiger partial charge in [0.1, 0.15) is 12.4 Å². The second-order valence-electron chi connectivity index (χ2n) is 5.96. The third-order valence-corrected chi connectivity index (χ3v) is 5.33. The van der Waals surface area contributed by atoms with Gasteiger partial charge in [0.15, 0.2) is 9.84 Å². The van der Waals surface area contributed by atoms with Gasteiger partial charge in [0.05, 0.1) is 16.5 Å². The fraction of sp³-hybridized carbons (Fsp3) is 0.278. The highest BCUT2D eigenvalue weighted by Crippen LogP contribution is 2.30. The monoisotopic (exact) mass is 345 g/mol. The summed E-state index contributed by atoms with van der Waals surface area (Å²) >= 11 is 0. The molecule has 126 valence electrons. The van der Waals surface area contributed by atoms with Gasteiger partial charge in [-0.1, -0.05) is 30.3 Å². The Hall–Kier alpha value is -2.34. The molecule has 2 aromatic rings. The Bertz CT molecular complexity index is 876. The van der Waals surface area contributed by atoms with E-state index in [1.54, 1.807) is 25.2 Å². The largest absolute Gasteiger partial charge is 0.492 e. The standard InChI is InChI=1S/C18H19NO4S/c1-19(15-8-4-6-10-17(15)24(2,21)22)18(20)14-11-13-7-3-5-9-16(13)23-12-14/h3-10,14H,11-12H2,1-2H3/t14-/m0/s1. The zero-order valence-electron chi connectivity index (χ0n) is 13.6. The van der Waals surface area contributed by atoms with Crippen LogP contribution in [0.3, 0.4) is 0 Å². The summed E-state index contributed by atoms with van der Waals surface area (Å²) < 4.78 is 29.6. The number of carbonyl (C=O) groups excluding carboxylic acids is 1. The van der Waals surface area contributed by atoms with Crippen molar-refractivity contribution in [3.8, 4) is 5.75 Å². The van der Waals surface area contributed by atoms with Crippen molar-refractivity contribution in [1.29, 1.82) is 0 Å². The van der Waals surface area contributed by atoms with Gasteiger partial charge in [0.2, 0.25) is 5.91 Å². The molecule has 5 nitrogen and oxygen atoms in total. The Morgan fingerprint density at radius 3 is 2.54 bits per heavy atom. The molecule has 24 heavy (non-hydrogen) atoms. The predicted molar refractivity (Wildman–Crippen MR) is 92.1 cm³/mol. The molecular formula is C18H19NO4S. The average molecular weight is 345 g/mol. The van der Waals surface area contributed by atoms with Crippen LogP contribution in [0.15, 0.2) is 53.4 Å². The van der Waals surface area contributed by atoms with Crippen molar-refractivity contribution in [3.63, 3.8) is 0 Å². The first-order valence-electron chi connectivity index (χ1n) is 7.65. The number of para-hydroxylation sites is 2. The molecule has 2 aromatic carbocycles.